The first-order valence-electron chi connectivity index (χ1n) is 9.26. The highest BCUT2D eigenvalue weighted by Gasteiger charge is 2.37. The minimum atomic E-state index is 0.0711. The summed E-state index contributed by atoms with van der Waals surface area (Å²) in [6.45, 7) is 3.12. The van der Waals surface area contributed by atoms with Gasteiger partial charge in [-0.2, -0.15) is 0 Å². The van der Waals surface area contributed by atoms with Gasteiger partial charge in [0.25, 0.3) is 0 Å². The van der Waals surface area contributed by atoms with E-state index < -0.39 is 0 Å². The van der Waals surface area contributed by atoms with Crippen LogP contribution in [0.4, 0.5) is 11.4 Å². The number of anilines is 2. The Bertz CT molecular complexity index is 977. The molecule has 0 saturated heterocycles. The second-order valence-corrected chi connectivity index (χ2v) is 6.82. The Labute approximate surface area is 154 Å². The van der Waals surface area contributed by atoms with Crippen LogP contribution in [-0.4, -0.2) is 6.54 Å². The van der Waals surface area contributed by atoms with Crippen molar-refractivity contribution in [1.29, 1.82) is 0 Å². The van der Waals surface area contributed by atoms with E-state index in [1.54, 1.807) is 0 Å². The first kappa shape index (κ1) is 15.3. The van der Waals surface area contributed by atoms with Crippen molar-refractivity contribution in [3.05, 3.63) is 95.6 Å². The Morgan fingerprint density at radius 2 is 1.62 bits per heavy atom. The van der Waals surface area contributed by atoms with E-state index in [4.69, 9.17) is 4.74 Å². The average Bonchev–Trinajstić information content (AvgIpc) is 3.09. The van der Waals surface area contributed by atoms with E-state index in [2.05, 4.69) is 90.7 Å². The van der Waals surface area contributed by atoms with E-state index in [0.717, 1.165) is 12.3 Å². The number of nitrogens with zero attached hydrogens (tertiary/aromatic N) is 1. The molecule has 3 aromatic carbocycles. The second kappa shape index (κ2) is 6.06. The van der Waals surface area contributed by atoms with Crippen LogP contribution in [0.3, 0.4) is 0 Å². The van der Waals surface area contributed by atoms with E-state index in [1.807, 2.05) is 6.07 Å². The highest BCUT2D eigenvalue weighted by Crippen LogP contribution is 2.51. The van der Waals surface area contributed by atoms with Crippen LogP contribution in [-0.2, 0) is 0 Å². The molecular formula is C24H21NO. The first-order valence-corrected chi connectivity index (χ1v) is 9.26. The second-order valence-electron chi connectivity index (χ2n) is 6.82. The molecule has 2 heteroatoms. The van der Waals surface area contributed by atoms with Crippen LogP contribution >= 0.6 is 0 Å². The van der Waals surface area contributed by atoms with Crippen LogP contribution in [0, 0.1) is 0 Å². The fourth-order valence-corrected chi connectivity index (χ4v) is 4.23. The lowest BCUT2D eigenvalue weighted by molar-refractivity contribution is 0.223. The number of hydrogen-bond donors (Lipinski definition) is 0. The summed E-state index contributed by atoms with van der Waals surface area (Å²) in [4.78, 5) is 2.37. The first-order chi connectivity index (χ1) is 12.9. The Balaban J connectivity index is 1.61. The van der Waals surface area contributed by atoms with Crippen LogP contribution in [0.2, 0.25) is 0 Å². The lowest BCUT2D eigenvalue weighted by atomic mass is 9.83. The average molecular weight is 339 g/mol. The summed E-state index contributed by atoms with van der Waals surface area (Å²) in [5.74, 6) is 1.32. The number of ether oxygens (including phenoxy) is 1. The van der Waals surface area contributed by atoms with E-state index in [0.29, 0.717) is 5.92 Å². The molecule has 3 aromatic rings. The summed E-state index contributed by atoms with van der Waals surface area (Å²) in [6.07, 6.45) is 4.66. The maximum Gasteiger partial charge on any atom is 0.135 e. The number of benzene rings is 3. The summed E-state index contributed by atoms with van der Waals surface area (Å²) in [6, 6.07) is 25.6. The summed E-state index contributed by atoms with van der Waals surface area (Å²) in [7, 11) is 0. The van der Waals surface area contributed by atoms with Crippen LogP contribution in [0.1, 0.15) is 35.6 Å². The molecule has 0 aromatic heterocycles. The van der Waals surface area contributed by atoms with Crippen molar-refractivity contribution in [2.24, 2.45) is 0 Å². The van der Waals surface area contributed by atoms with Crippen molar-refractivity contribution in [2.45, 2.75) is 18.9 Å². The highest BCUT2D eigenvalue weighted by molar-refractivity contribution is 5.78. The maximum atomic E-state index is 6.34. The molecule has 2 aliphatic rings. The number of hydrogen-bond acceptors (Lipinski definition) is 2. The number of rotatable bonds is 3. The molecule has 2 unspecified atom stereocenters. The lowest BCUT2D eigenvalue weighted by Crippen LogP contribution is -2.20. The fraction of sp³-hybridized carbons (Fsp3) is 0.167. The SMILES string of the molecule is CCN(c1ccccc1)c1cccc2c1C=CC1c3ccccc3OC21. The Morgan fingerprint density at radius 1 is 0.846 bits per heavy atom. The zero-order chi connectivity index (χ0) is 17.5. The fourth-order valence-electron chi connectivity index (χ4n) is 4.23. The van der Waals surface area contributed by atoms with Gasteiger partial charge in [-0.15, -0.1) is 0 Å². The minimum absolute atomic E-state index is 0.0711. The summed E-state index contributed by atoms with van der Waals surface area (Å²) in [5, 5.41) is 0. The highest BCUT2D eigenvalue weighted by atomic mass is 16.5. The van der Waals surface area contributed by atoms with Crippen molar-refractivity contribution in [3.63, 3.8) is 0 Å². The third-order valence-electron chi connectivity index (χ3n) is 5.43. The lowest BCUT2D eigenvalue weighted by Gasteiger charge is -2.30. The molecular weight excluding hydrogens is 318 g/mol. The van der Waals surface area contributed by atoms with Gasteiger partial charge in [-0.3, -0.25) is 0 Å². The van der Waals surface area contributed by atoms with Gasteiger partial charge >= 0.3 is 0 Å². The molecule has 0 bridgehead atoms. The van der Waals surface area contributed by atoms with Crippen LogP contribution < -0.4 is 9.64 Å². The molecule has 0 fully saturated rings. The Kier molecular flexibility index (Phi) is 3.56. The predicted molar refractivity (Wildman–Crippen MR) is 107 cm³/mol. The van der Waals surface area contributed by atoms with Gasteiger partial charge in [0.1, 0.15) is 11.9 Å². The zero-order valence-electron chi connectivity index (χ0n) is 14.8. The molecule has 1 heterocycles. The van der Waals surface area contributed by atoms with Gasteiger partial charge < -0.3 is 9.64 Å². The van der Waals surface area contributed by atoms with Crippen molar-refractivity contribution in [1.82, 2.24) is 0 Å². The van der Waals surface area contributed by atoms with E-state index in [1.165, 1.54) is 28.1 Å². The van der Waals surface area contributed by atoms with Crippen LogP contribution in [0.25, 0.3) is 6.08 Å². The third kappa shape index (κ3) is 2.26. The molecule has 0 spiro atoms. The predicted octanol–water partition coefficient (Wildman–Crippen LogP) is 6.09. The summed E-state index contributed by atoms with van der Waals surface area (Å²) < 4.78 is 6.34. The monoisotopic (exact) mass is 339 g/mol. The van der Waals surface area contributed by atoms with Gasteiger partial charge in [-0.05, 0) is 31.2 Å². The molecule has 5 rings (SSSR count). The Morgan fingerprint density at radius 3 is 2.46 bits per heavy atom. The van der Waals surface area contributed by atoms with Crippen molar-refractivity contribution < 1.29 is 4.74 Å². The van der Waals surface area contributed by atoms with Gasteiger partial charge in [0.15, 0.2) is 0 Å². The molecule has 1 aliphatic carbocycles. The van der Waals surface area contributed by atoms with Gasteiger partial charge in [0.05, 0.1) is 0 Å². The molecule has 26 heavy (non-hydrogen) atoms. The zero-order valence-corrected chi connectivity index (χ0v) is 14.8. The summed E-state index contributed by atoms with van der Waals surface area (Å²) >= 11 is 0. The quantitative estimate of drug-likeness (QED) is 0.572. The topological polar surface area (TPSA) is 12.5 Å². The smallest absolute Gasteiger partial charge is 0.135 e. The van der Waals surface area contributed by atoms with Gasteiger partial charge in [-0.25, -0.2) is 0 Å². The normalized spacial score (nSPS) is 19.3. The summed E-state index contributed by atoms with van der Waals surface area (Å²) in [5.41, 5.74) is 6.30. The van der Waals surface area contributed by atoms with E-state index >= 15 is 0 Å². The van der Waals surface area contributed by atoms with Crippen molar-refractivity contribution in [3.8, 4) is 5.75 Å². The molecule has 0 N–H and O–H groups in total. The van der Waals surface area contributed by atoms with E-state index in [9.17, 15) is 0 Å². The molecule has 0 radical (unpaired) electrons. The van der Waals surface area contributed by atoms with E-state index in [-0.39, 0.29) is 6.10 Å². The van der Waals surface area contributed by atoms with Crippen molar-refractivity contribution in [2.75, 3.05) is 11.4 Å². The molecule has 0 saturated carbocycles. The largest absolute Gasteiger partial charge is 0.484 e. The van der Waals surface area contributed by atoms with Crippen LogP contribution in [0.5, 0.6) is 5.75 Å². The maximum absolute atomic E-state index is 6.34. The number of para-hydroxylation sites is 2. The molecule has 1 aliphatic heterocycles. The van der Waals surface area contributed by atoms with Crippen molar-refractivity contribution >= 4 is 17.5 Å². The standard InChI is InChI=1S/C24H21NO/c1-2-25(17-9-4-3-5-10-17)22-13-8-12-20-18(22)15-16-21-19-11-6-7-14-23(19)26-24(20)21/h3-16,21,24H,2H2,1H3. The van der Waals surface area contributed by atoms with Gasteiger partial charge in [-0.1, -0.05) is 60.7 Å². The molecule has 0 amide bonds. The Hall–Kier alpha value is -3.00. The van der Waals surface area contributed by atoms with Gasteiger partial charge in [0, 0.05) is 40.5 Å². The third-order valence-corrected chi connectivity index (χ3v) is 5.43. The molecule has 2 atom stereocenters. The molecule has 128 valence electrons. The minimum Gasteiger partial charge on any atom is -0.484 e. The molecule has 2 nitrogen and oxygen atoms in total. The van der Waals surface area contributed by atoms with Gasteiger partial charge in [0.2, 0.25) is 0 Å². The van der Waals surface area contributed by atoms with Crippen LogP contribution in [0.15, 0.2) is 78.9 Å². The number of fused-ring (bicyclic) bond motifs is 5.